The van der Waals surface area contributed by atoms with Gasteiger partial charge in [0.25, 0.3) is 0 Å². The van der Waals surface area contributed by atoms with E-state index in [0.717, 1.165) is 32.7 Å². The summed E-state index contributed by atoms with van der Waals surface area (Å²) in [6.45, 7) is 0.596. The van der Waals surface area contributed by atoms with E-state index < -0.39 is 0 Å². The van der Waals surface area contributed by atoms with E-state index in [2.05, 4.69) is 15.3 Å². The second-order valence-corrected chi connectivity index (χ2v) is 7.32. The minimum absolute atomic E-state index is 0.225. The third-order valence-electron chi connectivity index (χ3n) is 4.33. The first-order valence-electron chi connectivity index (χ1n) is 8.57. The van der Waals surface area contributed by atoms with Gasteiger partial charge in [-0.1, -0.05) is 42.5 Å². The monoisotopic (exact) mass is 409 g/mol. The summed E-state index contributed by atoms with van der Waals surface area (Å²) in [5, 5.41) is 5.52. The average Bonchev–Trinajstić information content (AvgIpc) is 3.20. The molecular weight excluding hydrogens is 394 g/mol. The number of thiophene rings is 1. The Morgan fingerprint density at radius 1 is 1.11 bits per heavy atom. The lowest BCUT2D eigenvalue weighted by atomic mass is 9.99. The van der Waals surface area contributed by atoms with Gasteiger partial charge in [-0.25, -0.2) is 9.78 Å². The molecule has 0 aliphatic carbocycles. The number of carbonyl (C=O) groups excluding carboxylic acids is 1. The molecule has 5 nitrogen and oxygen atoms in total. The molecule has 140 valence electrons. The molecule has 0 aliphatic rings. The summed E-state index contributed by atoms with van der Waals surface area (Å²) in [6, 6.07) is 17.4. The van der Waals surface area contributed by atoms with E-state index in [1.807, 2.05) is 53.9 Å². The summed E-state index contributed by atoms with van der Waals surface area (Å²) >= 11 is 7.58. The van der Waals surface area contributed by atoms with Crippen molar-refractivity contribution >= 4 is 44.9 Å². The molecule has 0 spiro atoms. The molecule has 4 rings (SSSR count). The molecule has 28 heavy (non-hydrogen) atoms. The van der Waals surface area contributed by atoms with Crippen molar-refractivity contribution in [3.05, 3.63) is 76.4 Å². The van der Waals surface area contributed by atoms with Gasteiger partial charge in [0.2, 0.25) is 5.28 Å². The summed E-state index contributed by atoms with van der Waals surface area (Å²) in [6.07, 6.45) is 0. The quantitative estimate of drug-likeness (QED) is 0.352. The number of carbonyl (C=O) groups is 1. The number of benzene rings is 2. The lowest BCUT2D eigenvalue weighted by molar-refractivity contribution is 0.0601. The Hall–Kier alpha value is -2.96. The van der Waals surface area contributed by atoms with Crippen molar-refractivity contribution in [1.82, 2.24) is 9.97 Å². The molecular formula is C21H16ClN3O2S. The molecule has 2 heterocycles. The highest BCUT2D eigenvalue weighted by Crippen LogP contribution is 2.28. The maximum Gasteiger partial charge on any atom is 0.338 e. The Kier molecular flexibility index (Phi) is 5.23. The summed E-state index contributed by atoms with van der Waals surface area (Å²) in [7, 11) is 1.39. The molecule has 0 radical (unpaired) electrons. The minimum atomic E-state index is -0.345. The summed E-state index contributed by atoms with van der Waals surface area (Å²) in [5.74, 6) is 0.382. The fourth-order valence-corrected chi connectivity index (χ4v) is 3.94. The van der Waals surface area contributed by atoms with Crippen LogP contribution in [-0.4, -0.2) is 23.0 Å². The fraction of sp³-hybridized carbons (Fsp3) is 0.0952. The van der Waals surface area contributed by atoms with Gasteiger partial charge < -0.3 is 10.1 Å². The molecule has 0 atom stereocenters. The molecule has 0 unspecified atom stereocenters. The number of fused-ring (bicyclic) bond motifs is 1. The first-order chi connectivity index (χ1) is 13.7. The van der Waals surface area contributed by atoms with Gasteiger partial charge >= 0.3 is 5.97 Å². The second kappa shape index (κ2) is 7.96. The van der Waals surface area contributed by atoms with E-state index >= 15 is 0 Å². The number of ether oxygens (including phenoxy) is 1. The first kappa shape index (κ1) is 18.4. The third-order valence-corrected chi connectivity index (χ3v) is 5.41. The van der Waals surface area contributed by atoms with Gasteiger partial charge in [0.15, 0.2) is 0 Å². The fourth-order valence-electron chi connectivity index (χ4n) is 2.97. The molecule has 7 heteroatoms. The molecule has 0 saturated heterocycles. The van der Waals surface area contributed by atoms with Crippen LogP contribution in [0.2, 0.25) is 5.28 Å². The van der Waals surface area contributed by atoms with Gasteiger partial charge in [0.1, 0.15) is 5.82 Å². The lowest BCUT2D eigenvalue weighted by Gasteiger charge is -2.10. The van der Waals surface area contributed by atoms with Crippen LogP contribution in [-0.2, 0) is 11.3 Å². The normalized spacial score (nSPS) is 10.8. The van der Waals surface area contributed by atoms with Crippen LogP contribution in [0.3, 0.4) is 0 Å². The van der Waals surface area contributed by atoms with Crippen LogP contribution >= 0.6 is 22.9 Å². The topological polar surface area (TPSA) is 64.1 Å². The van der Waals surface area contributed by atoms with Crippen LogP contribution < -0.4 is 5.32 Å². The van der Waals surface area contributed by atoms with Gasteiger partial charge in [-0.3, -0.25) is 0 Å². The van der Waals surface area contributed by atoms with Crippen LogP contribution in [0.5, 0.6) is 0 Å². The number of aromatic nitrogens is 2. The maximum atomic E-state index is 12.0. The van der Waals surface area contributed by atoms with E-state index in [1.54, 1.807) is 17.4 Å². The highest BCUT2D eigenvalue weighted by Gasteiger charge is 2.12. The zero-order valence-corrected chi connectivity index (χ0v) is 16.6. The van der Waals surface area contributed by atoms with Crippen LogP contribution in [0.15, 0.2) is 60.0 Å². The second-order valence-electron chi connectivity index (χ2n) is 6.06. The largest absolute Gasteiger partial charge is 0.465 e. The van der Waals surface area contributed by atoms with E-state index in [9.17, 15) is 4.79 Å². The van der Waals surface area contributed by atoms with Crippen LogP contribution in [0.1, 0.15) is 15.9 Å². The number of hydrogen-bond donors (Lipinski definition) is 1. The SMILES string of the molecule is COC(=O)c1ccccc1-c1ccc(CNc2nc(Cl)nc3ccsc23)cc1. The zero-order valence-electron chi connectivity index (χ0n) is 15.0. The minimum Gasteiger partial charge on any atom is -0.465 e. The van der Waals surface area contributed by atoms with Gasteiger partial charge in [0, 0.05) is 6.54 Å². The van der Waals surface area contributed by atoms with Gasteiger partial charge in [-0.15, -0.1) is 11.3 Å². The summed E-state index contributed by atoms with van der Waals surface area (Å²) < 4.78 is 5.86. The molecule has 0 fully saturated rings. The number of esters is 1. The predicted octanol–water partition coefficient (Wildman–Crippen LogP) is 5.41. The summed E-state index contributed by atoms with van der Waals surface area (Å²) in [5.41, 5.74) is 4.26. The molecule has 2 aromatic heterocycles. The molecule has 1 N–H and O–H groups in total. The Morgan fingerprint density at radius 2 is 1.89 bits per heavy atom. The molecule has 2 aromatic carbocycles. The number of rotatable bonds is 5. The number of anilines is 1. The van der Waals surface area contributed by atoms with Gasteiger partial charge in [-0.2, -0.15) is 4.98 Å². The summed E-state index contributed by atoms with van der Waals surface area (Å²) in [4.78, 5) is 20.5. The van der Waals surface area contributed by atoms with Gasteiger partial charge in [-0.05, 0) is 45.8 Å². The predicted molar refractivity (Wildman–Crippen MR) is 113 cm³/mol. The maximum absolute atomic E-state index is 12.0. The smallest absolute Gasteiger partial charge is 0.338 e. The van der Waals surface area contributed by atoms with Crippen molar-refractivity contribution in [3.8, 4) is 11.1 Å². The van der Waals surface area contributed by atoms with Crippen molar-refractivity contribution < 1.29 is 9.53 Å². The number of hydrogen-bond acceptors (Lipinski definition) is 6. The zero-order chi connectivity index (χ0) is 19.5. The van der Waals surface area contributed by atoms with Crippen LogP contribution in [0.4, 0.5) is 5.82 Å². The van der Waals surface area contributed by atoms with Crippen LogP contribution in [0.25, 0.3) is 21.3 Å². The van der Waals surface area contributed by atoms with Crippen molar-refractivity contribution in [2.24, 2.45) is 0 Å². The Labute approximate surface area is 171 Å². The number of halogens is 1. The number of methoxy groups -OCH3 is 1. The third kappa shape index (κ3) is 3.69. The van der Waals surface area contributed by atoms with Crippen molar-refractivity contribution in [1.29, 1.82) is 0 Å². The Morgan fingerprint density at radius 3 is 2.68 bits per heavy atom. The highest BCUT2D eigenvalue weighted by atomic mass is 35.5. The number of nitrogens with one attached hydrogen (secondary N) is 1. The van der Waals surface area contributed by atoms with E-state index in [-0.39, 0.29) is 11.3 Å². The lowest BCUT2D eigenvalue weighted by Crippen LogP contribution is -2.04. The Bertz CT molecular complexity index is 1140. The van der Waals surface area contributed by atoms with Crippen LogP contribution in [0, 0.1) is 0 Å². The highest BCUT2D eigenvalue weighted by molar-refractivity contribution is 7.17. The first-order valence-corrected chi connectivity index (χ1v) is 9.83. The molecule has 0 saturated carbocycles. The van der Waals surface area contributed by atoms with E-state index in [1.165, 1.54) is 7.11 Å². The molecule has 0 amide bonds. The molecule has 0 aliphatic heterocycles. The molecule has 4 aromatic rings. The van der Waals surface area contributed by atoms with Crippen molar-refractivity contribution in [2.75, 3.05) is 12.4 Å². The van der Waals surface area contributed by atoms with E-state index in [4.69, 9.17) is 16.3 Å². The van der Waals surface area contributed by atoms with Crippen molar-refractivity contribution in [3.63, 3.8) is 0 Å². The standard InChI is InChI=1S/C21H16ClN3O2S/c1-27-20(26)16-5-3-2-4-15(16)14-8-6-13(7-9-14)12-23-19-18-17(10-11-28-18)24-21(22)25-19/h2-11H,12H2,1H3,(H,23,24,25). The van der Waals surface area contributed by atoms with E-state index in [0.29, 0.717) is 12.1 Å². The Balaban J connectivity index is 1.54. The molecule has 0 bridgehead atoms. The van der Waals surface area contributed by atoms with Crippen molar-refractivity contribution in [2.45, 2.75) is 6.54 Å². The van der Waals surface area contributed by atoms with Gasteiger partial charge in [0.05, 0.1) is 22.9 Å². The number of nitrogens with zero attached hydrogens (tertiary/aromatic N) is 2. The average molecular weight is 410 g/mol.